The van der Waals surface area contributed by atoms with Crippen LogP contribution in [-0.4, -0.2) is 86.3 Å². The van der Waals surface area contributed by atoms with Gasteiger partial charge in [-0.1, -0.05) is 18.2 Å². The number of fused-ring (bicyclic) bond motifs is 1. The smallest absolute Gasteiger partial charge is 0.326 e. The number of carbonyl (C=O) groups excluding carboxylic acids is 4. The summed E-state index contributed by atoms with van der Waals surface area (Å²) >= 11 is 0. The molecule has 242 valence electrons. The molecule has 2 heterocycles. The van der Waals surface area contributed by atoms with Crippen molar-refractivity contribution in [3.63, 3.8) is 0 Å². The molecule has 14 N–H and O–H groups in total. The molecule has 1 aromatic carbocycles. The topological polar surface area (TPSA) is 303 Å². The highest BCUT2D eigenvalue weighted by atomic mass is 16.4. The number of amides is 4. The lowest BCUT2D eigenvalue weighted by Crippen LogP contribution is -2.58. The lowest BCUT2D eigenvalue weighted by molar-refractivity contribution is -0.142. The van der Waals surface area contributed by atoms with E-state index in [0.717, 1.165) is 10.9 Å². The zero-order valence-corrected chi connectivity index (χ0v) is 24.5. The number of aliphatic imine (C=N–C) groups is 1. The maximum atomic E-state index is 13.7. The predicted molar refractivity (Wildman–Crippen MR) is 164 cm³/mol. The number of primary amides is 1. The van der Waals surface area contributed by atoms with Crippen LogP contribution < -0.4 is 38.9 Å². The standard InChI is InChI=1S/C28H39N11O6/c29-18(5-3-9-34-28(31)32)24(41)38-21(10-15-12-35-19-6-2-1-4-17(15)19)26(43)37-20(7-8-23(30)40)25(42)39-22(27(44)45)11-16-13-33-14-36-16/h1-2,4,6,12-14,18,20-22,35H,3,5,7-11,29H2,(H2,30,40)(H,33,36)(H,37,43)(H,38,41)(H,39,42)(H,44,45)(H4,31,32,34). The minimum atomic E-state index is -1.37. The van der Waals surface area contributed by atoms with Crippen molar-refractivity contribution in [1.29, 1.82) is 0 Å². The second kappa shape index (κ2) is 16.4. The molecule has 0 saturated carbocycles. The molecule has 4 atom stereocenters. The first-order valence-corrected chi connectivity index (χ1v) is 14.2. The van der Waals surface area contributed by atoms with E-state index in [1.165, 1.54) is 12.5 Å². The number of para-hydroxylation sites is 1. The maximum absolute atomic E-state index is 13.7. The van der Waals surface area contributed by atoms with Crippen LogP contribution >= 0.6 is 0 Å². The number of aliphatic carboxylic acids is 1. The number of nitrogens with one attached hydrogen (secondary N) is 5. The molecule has 17 nitrogen and oxygen atoms in total. The first-order valence-electron chi connectivity index (χ1n) is 14.2. The first-order chi connectivity index (χ1) is 21.4. The number of H-pyrrole nitrogens is 2. The fourth-order valence-corrected chi connectivity index (χ4v) is 4.58. The summed E-state index contributed by atoms with van der Waals surface area (Å²) in [6.45, 7) is 0.261. The molecule has 4 amide bonds. The molecule has 0 saturated heterocycles. The molecule has 0 bridgehead atoms. The van der Waals surface area contributed by atoms with Crippen LogP contribution in [0, 0.1) is 0 Å². The number of guanidine groups is 1. The second-order valence-electron chi connectivity index (χ2n) is 10.4. The molecule has 3 aromatic rings. The Bertz CT molecular complexity index is 1500. The Morgan fingerprint density at radius 2 is 1.58 bits per heavy atom. The number of hydrogen-bond acceptors (Lipinski definition) is 8. The minimum absolute atomic E-state index is 0.0179. The Hall–Kier alpha value is -5.45. The molecule has 0 aliphatic rings. The van der Waals surface area contributed by atoms with Gasteiger partial charge in [-0.3, -0.25) is 24.2 Å². The van der Waals surface area contributed by atoms with E-state index in [1.54, 1.807) is 6.20 Å². The summed E-state index contributed by atoms with van der Waals surface area (Å²) in [6.07, 6.45) is 4.52. The van der Waals surface area contributed by atoms with Crippen molar-refractivity contribution in [1.82, 2.24) is 30.9 Å². The second-order valence-corrected chi connectivity index (χ2v) is 10.4. The molecule has 45 heavy (non-hydrogen) atoms. The maximum Gasteiger partial charge on any atom is 0.326 e. The number of carboxylic acids is 1. The molecular weight excluding hydrogens is 586 g/mol. The average molecular weight is 626 g/mol. The minimum Gasteiger partial charge on any atom is -0.480 e. The van der Waals surface area contributed by atoms with Crippen LogP contribution in [0.5, 0.6) is 0 Å². The Morgan fingerprint density at radius 3 is 2.24 bits per heavy atom. The van der Waals surface area contributed by atoms with Gasteiger partial charge in [0.1, 0.15) is 18.1 Å². The number of benzene rings is 1. The van der Waals surface area contributed by atoms with Crippen molar-refractivity contribution in [3.05, 3.63) is 54.2 Å². The molecule has 0 spiro atoms. The number of hydrogen-bond donors (Lipinski definition) is 10. The molecule has 17 heteroatoms. The van der Waals surface area contributed by atoms with Crippen LogP contribution in [0.3, 0.4) is 0 Å². The Labute approximate surface area is 258 Å². The van der Waals surface area contributed by atoms with Crippen molar-refractivity contribution in [2.24, 2.45) is 27.9 Å². The Kier molecular flexibility index (Phi) is 12.4. The Morgan fingerprint density at radius 1 is 0.889 bits per heavy atom. The van der Waals surface area contributed by atoms with E-state index >= 15 is 0 Å². The number of nitrogens with zero attached hydrogens (tertiary/aromatic N) is 2. The number of aromatic amines is 2. The van der Waals surface area contributed by atoms with Crippen LogP contribution in [0.15, 0.2) is 48.0 Å². The monoisotopic (exact) mass is 625 g/mol. The lowest BCUT2D eigenvalue weighted by Gasteiger charge is -2.25. The number of rotatable bonds is 18. The van der Waals surface area contributed by atoms with Crippen LogP contribution in [0.1, 0.15) is 36.9 Å². The largest absolute Gasteiger partial charge is 0.480 e. The Balaban J connectivity index is 1.80. The molecule has 0 fully saturated rings. The summed E-state index contributed by atoms with van der Waals surface area (Å²) in [6, 6.07) is 2.44. The van der Waals surface area contributed by atoms with Crippen molar-refractivity contribution in [3.8, 4) is 0 Å². The van der Waals surface area contributed by atoms with Gasteiger partial charge < -0.3 is 54.0 Å². The number of aromatic nitrogens is 3. The first kappa shape index (κ1) is 34.0. The summed E-state index contributed by atoms with van der Waals surface area (Å²) in [5.74, 6) is -4.38. The quantitative estimate of drug-likeness (QED) is 0.0415. The summed E-state index contributed by atoms with van der Waals surface area (Å²) < 4.78 is 0. The van der Waals surface area contributed by atoms with E-state index in [1.807, 2.05) is 24.3 Å². The van der Waals surface area contributed by atoms with Gasteiger partial charge in [-0.15, -0.1) is 0 Å². The number of nitrogens with two attached hydrogens (primary N) is 4. The fourth-order valence-electron chi connectivity index (χ4n) is 4.58. The molecule has 0 aliphatic heterocycles. The number of carboxylic acid groups (broad SMARTS) is 1. The number of carbonyl (C=O) groups is 5. The van der Waals surface area contributed by atoms with Gasteiger partial charge in [0.05, 0.1) is 12.4 Å². The highest BCUT2D eigenvalue weighted by Crippen LogP contribution is 2.19. The molecule has 0 aliphatic carbocycles. The van der Waals surface area contributed by atoms with Gasteiger partial charge in [-0.05, 0) is 30.9 Å². The van der Waals surface area contributed by atoms with E-state index < -0.39 is 53.8 Å². The summed E-state index contributed by atoms with van der Waals surface area (Å²) in [7, 11) is 0. The van der Waals surface area contributed by atoms with Crippen molar-refractivity contribution >= 4 is 46.5 Å². The van der Waals surface area contributed by atoms with E-state index in [0.29, 0.717) is 17.7 Å². The zero-order chi connectivity index (χ0) is 32.9. The molecule has 4 unspecified atom stereocenters. The van der Waals surface area contributed by atoms with Crippen molar-refractivity contribution in [2.75, 3.05) is 6.54 Å². The normalized spacial score (nSPS) is 13.6. The SMILES string of the molecule is NC(=O)CCC(NC(=O)C(Cc1c[nH]c2ccccc12)NC(=O)C(N)CCCN=C(N)N)C(=O)NC(Cc1cnc[nH]1)C(=O)O. The fraction of sp³-hybridized carbons (Fsp3) is 0.393. The summed E-state index contributed by atoms with van der Waals surface area (Å²) in [5, 5.41) is 18.1. The van der Waals surface area contributed by atoms with Crippen LogP contribution in [0.4, 0.5) is 0 Å². The third kappa shape index (κ3) is 10.6. The third-order valence-electron chi connectivity index (χ3n) is 6.94. The molecule has 0 radical (unpaired) electrons. The highest BCUT2D eigenvalue weighted by molar-refractivity contribution is 5.95. The summed E-state index contributed by atoms with van der Waals surface area (Å²) in [4.78, 5) is 77.0. The van der Waals surface area contributed by atoms with Gasteiger partial charge in [0.2, 0.25) is 23.6 Å². The number of imidazole rings is 1. The molecule has 3 rings (SSSR count). The van der Waals surface area contributed by atoms with Gasteiger partial charge >= 0.3 is 5.97 Å². The van der Waals surface area contributed by atoms with Gasteiger partial charge in [0, 0.05) is 54.8 Å². The van der Waals surface area contributed by atoms with E-state index in [-0.39, 0.29) is 44.6 Å². The van der Waals surface area contributed by atoms with Gasteiger partial charge in [-0.25, -0.2) is 9.78 Å². The van der Waals surface area contributed by atoms with E-state index in [9.17, 15) is 29.1 Å². The third-order valence-corrected chi connectivity index (χ3v) is 6.94. The van der Waals surface area contributed by atoms with Gasteiger partial charge in [0.15, 0.2) is 5.96 Å². The lowest BCUT2D eigenvalue weighted by atomic mass is 10.0. The highest BCUT2D eigenvalue weighted by Gasteiger charge is 2.31. The molecule has 2 aromatic heterocycles. The van der Waals surface area contributed by atoms with Crippen LogP contribution in [0.25, 0.3) is 10.9 Å². The average Bonchev–Trinajstić information content (AvgIpc) is 3.66. The molecular formula is C28H39N11O6. The van der Waals surface area contributed by atoms with Gasteiger partial charge in [0.25, 0.3) is 0 Å². The van der Waals surface area contributed by atoms with E-state index in [2.05, 4.69) is 35.9 Å². The predicted octanol–water partition coefficient (Wildman–Crippen LogP) is -2.14. The van der Waals surface area contributed by atoms with Gasteiger partial charge in [-0.2, -0.15) is 0 Å². The zero-order valence-electron chi connectivity index (χ0n) is 24.5. The van der Waals surface area contributed by atoms with Crippen molar-refractivity contribution in [2.45, 2.75) is 62.7 Å². The van der Waals surface area contributed by atoms with Crippen LogP contribution in [0.2, 0.25) is 0 Å². The van der Waals surface area contributed by atoms with E-state index in [4.69, 9.17) is 22.9 Å². The van der Waals surface area contributed by atoms with Crippen LogP contribution in [-0.2, 0) is 36.8 Å². The summed E-state index contributed by atoms with van der Waals surface area (Å²) in [5.41, 5.74) is 24.0. The van der Waals surface area contributed by atoms with Crippen molar-refractivity contribution < 1.29 is 29.1 Å².